The van der Waals surface area contributed by atoms with Crippen molar-refractivity contribution in [2.75, 3.05) is 6.61 Å². The van der Waals surface area contributed by atoms with Crippen molar-refractivity contribution in [3.05, 3.63) is 22.3 Å². The van der Waals surface area contributed by atoms with E-state index in [2.05, 4.69) is 12.2 Å². The largest absolute Gasteiger partial charge is 0.464 e. The zero-order valence-corrected chi connectivity index (χ0v) is 39.3. The number of esters is 1. The van der Waals surface area contributed by atoms with Gasteiger partial charge >= 0.3 is 5.97 Å². The number of hydrogen-bond donors (Lipinski definition) is 1. The van der Waals surface area contributed by atoms with Gasteiger partial charge in [0.15, 0.2) is 0 Å². The number of carbonyl (C=O) groups excluding carboxylic acids is 2. The normalized spacial score (nSPS) is 22.7. The fourth-order valence-corrected chi connectivity index (χ4v) is 25.9. The molecule has 33 rings (SSSR count). The summed E-state index contributed by atoms with van der Waals surface area (Å²) in [4.78, 5) is 33.5. The first kappa shape index (κ1) is 29.9. The highest BCUT2D eigenvalue weighted by Gasteiger charge is 2.79. The summed E-state index contributed by atoms with van der Waals surface area (Å²) in [7, 11) is 0. The summed E-state index contributed by atoms with van der Waals surface area (Å²) in [5.41, 5.74) is 2.98. The molecule has 326 valence electrons. The molecule has 4 heteroatoms. The lowest BCUT2D eigenvalue weighted by molar-refractivity contribution is -0.147. The maximum absolute atomic E-state index is 17.3. The molecule has 1 amide bonds. The maximum Gasteiger partial charge on any atom is 0.330 e. The van der Waals surface area contributed by atoms with Gasteiger partial charge in [-0.05, 0) is 320 Å². The number of ether oxygens (including phenoxy) is 1. The molecule has 28 aromatic rings. The van der Waals surface area contributed by atoms with Crippen molar-refractivity contribution in [1.29, 1.82) is 0 Å². The minimum atomic E-state index is -1.15. The molecule has 1 fully saturated rings. The number of unbranched alkanes of at least 4 members (excludes halogenated alkanes) is 5. The lowest BCUT2D eigenvalue weighted by Gasteiger charge is -2.49. The van der Waals surface area contributed by atoms with Gasteiger partial charge in [0.1, 0.15) is 11.5 Å². The van der Waals surface area contributed by atoms with Gasteiger partial charge in [-0.2, -0.15) is 0 Å². The van der Waals surface area contributed by atoms with Crippen LogP contribution >= 0.6 is 0 Å². The monoisotopic (exact) mass is 933 g/mol. The SMILES string of the molecule is CCCCCCCCOC(=O)C1NC(=O)C23c4c5c6c7c8c9c(c%10c%11c2c2c4c4c%12c5c5c6c6c8c8c%13c9c9c%10c%10c%11c%11c2c2c4c4c%12c%12c5c5c6c8c6c8c%13c9c9c%10c%10c%11c2c2c4c4c%12c5c6c5c8c9c%10c2c45)C713. The molecule has 28 aromatic carbocycles. The summed E-state index contributed by atoms with van der Waals surface area (Å²) in [5.74, 6) is -0.190. The van der Waals surface area contributed by atoms with E-state index in [0.717, 1.165) is 19.3 Å². The highest BCUT2D eigenvalue weighted by molar-refractivity contribution is 6.82. The van der Waals surface area contributed by atoms with E-state index in [4.69, 9.17) is 4.74 Å². The number of rotatable bonds is 8. The van der Waals surface area contributed by atoms with Crippen LogP contribution in [0.4, 0.5) is 0 Å². The van der Waals surface area contributed by atoms with Gasteiger partial charge in [0.25, 0.3) is 0 Å². The highest BCUT2D eigenvalue weighted by Crippen LogP contribution is 2.85. The number of benzene rings is 18. The van der Waals surface area contributed by atoms with Gasteiger partial charge in [-0.1, -0.05) is 39.0 Å². The van der Waals surface area contributed by atoms with Crippen molar-refractivity contribution in [3.63, 3.8) is 0 Å². The molecule has 4 aliphatic carbocycles. The molecular formula is C71H19NO3. The summed E-state index contributed by atoms with van der Waals surface area (Å²) in [6.45, 7) is 2.65. The Balaban J connectivity index is 1.03. The molecule has 1 aliphatic heterocycles. The summed E-state index contributed by atoms with van der Waals surface area (Å²) in [6, 6.07) is -0.874. The van der Waals surface area contributed by atoms with E-state index in [-0.39, 0.29) is 11.9 Å². The van der Waals surface area contributed by atoms with E-state index in [9.17, 15) is 0 Å². The van der Waals surface area contributed by atoms with Crippen molar-refractivity contribution < 1.29 is 14.3 Å². The van der Waals surface area contributed by atoms with Crippen LogP contribution in [-0.4, -0.2) is 24.5 Å². The molecule has 5 aliphatic rings. The number of hydrogen-bond acceptors (Lipinski definition) is 3. The fraction of sp³-hybridized carbons (Fsp3) is 0.155. The van der Waals surface area contributed by atoms with Crippen LogP contribution in [0.25, 0.3) is 291 Å². The van der Waals surface area contributed by atoms with E-state index in [1.54, 1.807) is 97.0 Å². The predicted octanol–water partition coefficient (Wildman–Crippen LogP) is 17.7. The Morgan fingerprint density at radius 1 is 0.320 bits per heavy atom. The van der Waals surface area contributed by atoms with Gasteiger partial charge < -0.3 is 10.1 Å². The van der Waals surface area contributed by atoms with E-state index < -0.39 is 16.9 Å². The average Bonchev–Trinajstić information content (AvgIpc) is 2.80. The Morgan fingerprint density at radius 2 is 0.533 bits per heavy atom. The molecule has 1 heterocycles. The minimum Gasteiger partial charge on any atom is -0.464 e. The Labute approximate surface area is 411 Å². The lowest BCUT2D eigenvalue weighted by Crippen LogP contribution is -2.57. The number of nitrogens with one attached hydrogen (secondary N) is 1. The first-order chi connectivity index (χ1) is 37.2. The Morgan fingerprint density at radius 3 is 0.787 bits per heavy atom. The third-order valence-corrected chi connectivity index (χ3v) is 26.4. The topological polar surface area (TPSA) is 55.4 Å². The van der Waals surface area contributed by atoms with E-state index >= 15 is 9.59 Å². The van der Waals surface area contributed by atoms with Crippen LogP contribution in [0, 0.1) is 0 Å². The van der Waals surface area contributed by atoms with Crippen molar-refractivity contribution in [2.24, 2.45) is 0 Å². The number of carbonyl (C=O) groups is 2. The Bertz CT molecular complexity index is 7170. The summed E-state index contributed by atoms with van der Waals surface area (Å²) in [6.07, 6.45) is 6.72. The molecule has 0 saturated carbocycles. The quantitative estimate of drug-likeness (QED) is 0.0938. The van der Waals surface area contributed by atoms with Crippen molar-refractivity contribution >= 4 is 303 Å². The molecule has 4 nitrogen and oxygen atoms in total. The second-order valence-electron chi connectivity index (χ2n) is 27.1. The molecule has 1 atom stereocenters. The second-order valence-corrected chi connectivity index (χ2v) is 27.1. The van der Waals surface area contributed by atoms with Crippen LogP contribution in [0.3, 0.4) is 0 Å². The molecule has 0 radical (unpaired) electrons. The second kappa shape index (κ2) is 7.10. The molecular weight excluding hydrogens is 915 g/mol. The van der Waals surface area contributed by atoms with Crippen molar-refractivity contribution in [1.82, 2.24) is 5.32 Å². The van der Waals surface area contributed by atoms with Gasteiger partial charge in [0.2, 0.25) is 5.91 Å². The van der Waals surface area contributed by atoms with Gasteiger partial charge in [-0.15, -0.1) is 0 Å². The van der Waals surface area contributed by atoms with E-state index in [1.807, 2.05) is 0 Å². The molecule has 1 N–H and O–H groups in total. The Kier molecular flexibility index (Phi) is 2.84. The van der Waals surface area contributed by atoms with Crippen LogP contribution < -0.4 is 5.32 Å². The maximum atomic E-state index is 17.3. The first-order valence-electron chi connectivity index (χ1n) is 28.5. The fourth-order valence-electron chi connectivity index (χ4n) is 25.9. The molecule has 75 heavy (non-hydrogen) atoms. The summed E-state index contributed by atoms with van der Waals surface area (Å²) >= 11 is 0. The molecule has 1 saturated heterocycles. The third-order valence-electron chi connectivity index (χ3n) is 26.4. The Hall–Kier alpha value is -8.60. The van der Waals surface area contributed by atoms with Crippen LogP contribution in [0.5, 0.6) is 0 Å². The first-order valence-corrected chi connectivity index (χ1v) is 28.5. The molecule has 0 bridgehead atoms. The van der Waals surface area contributed by atoms with E-state index in [0.29, 0.717) is 6.61 Å². The van der Waals surface area contributed by atoms with Gasteiger partial charge in [-0.25, -0.2) is 4.79 Å². The molecule has 0 aromatic heterocycles. The summed E-state index contributed by atoms with van der Waals surface area (Å²) < 4.78 is 6.77. The smallest absolute Gasteiger partial charge is 0.330 e. The van der Waals surface area contributed by atoms with Crippen LogP contribution in [-0.2, 0) is 25.2 Å². The average molecular weight is 934 g/mol. The van der Waals surface area contributed by atoms with Gasteiger partial charge in [0.05, 0.1) is 12.0 Å². The van der Waals surface area contributed by atoms with Gasteiger partial charge in [0, 0.05) is 0 Å². The van der Waals surface area contributed by atoms with Crippen molar-refractivity contribution in [2.45, 2.75) is 62.3 Å². The van der Waals surface area contributed by atoms with E-state index in [1.165, 1.54) is 235 Å². The van der Waals surface area contributed by atoms with Crippen LogP contribution in [0.2, 0.25) is 0 Å². The van der Waals surface area contributed by atoms with Gasteiger partial charge in [-0.3, -0.25) is 4.79 Å². The summed E-state index contributed by atoms with van der Waals surface area (Å²) in [5, 5.41) is 84.8. The predicted molar refractivity (Wildman–Crippen MR) is 310 cm³/mol. The molecule has 2 spiro atoms. The zero-order valence-electron chi connectivity index (χ0n) is 39.3. The van der Waals surface area contributed by atoms with Crippen molar-refractivity contribution in [3.8, 4) is 0 Å². The minimum absolute atomic E-state index is 0.0408. The standard InChI is InChI=1S/C71H19NO3/c1-2-3-4-5-6-7-8-75-68(73)67-70-63-55-47-37-27-19-11-9-10-13-17-15(11)23-31-25(17)35-29-21(13)22-14(10)18-16-12(9)20(19)28-34-24(16)32-26(18)36-30(22)40-39(29)49-43(35)53-45(31)51(41(47)33(23)27)57(63)59(53)65-61(49)62-50(40)44(36)54-46(32)52-42(34)48(38(28)37)56(55)64(70)58(52)60(54)66(62)71(65,70)69(74)72-67/h67H,2-8H2,1H3,(H,72,74). The zero-order chi connectivity index (χ0) is 45.6. The molecule has 1 unspecified atom stereocenters. The van der Waals surface area contributed by atoms with Crippen LogP contribution in [0.15, 0.2) is 0 Å². The van der Waals surface area contributed by atoms with Crippen LogP contribution in [0.1, 0.15) is 67.7 Å². The lowest BCUT2D eigenvalue weighted by atomic mass is 9.48. The third kappa shape index (κ3) is 1.70. The highest BCUT2D eigenvalue weighted by atomic mass is 16.5. The number of amides is 1.